The molecular weight excluding hydrogens is 356 g/mol. The highest BCUT2D eigenvalue weighted by Crippen LogP contribution is 2.36. The molecule has 0 spiro atoms. The Balaban J connectivity index is 1.95. The molecule has 3 rings (SSSR count). The van der Waals surface area contributed by atoms with Crippen molar-refractivity contribution >= 4 is 29.7 Å². The van der Waals surface area contributed by atoms with Gasteiger partial charge in [-0.1, -0.05) is 19.4 Å². The molecule has 2 aromatic rings. The van der Waals surface area contributed by atoms with Crippen LogP contribution in [0.3, 0.4) is 0 Å². The number of carboxylic acids is 1. The summed E-state index contributed by atoms with van der Waals surface area (Å²) in [6.45, 7) is 8.65. The van der Waals surface area contributed by atoms with Gasteiger partial charge in [-0.05, 0) is 49.9 Å². The van der Waals surface area contributed by atoms with E-state index >= 15 is 0 Å². The van der Waals surface area contributed by atoms with Gasteiger partial charge in [-0.3, -0.25) is 14.2 Å². The van der Waals surface area contributed by atoms with Crippen molar-refractivity contribution in [2.75, 3.05) is 11.4 Å². The third kappa shape index (κ3) is 3.83. The summed E-state index contributed by atoms with van der Waals surface area (Å²) >= 11 is 0. The molecule has 148 valence electrons. The maximum Gasteiger partial charge on any atom is 0.303 e. The summed E-state index contributed by atoms with van der Waals surface area (Å²) in [6, 6.07) is 4.09. The monoisotopic (exact) mass is 382 g/mol. The van der Waals surface area contributed by atoms with Gasteiger partial charge in [-0.25, -0.2) is 9.98 Å². The highest BCUT2D eigenvalue weighted by molar-refractivity contribution is 5.77. The van der Waals surface area contributed by atoms with E-state index in [1.165, 1.54) is 4.57 Å². The van der Waals surface area contributed by atoms with Crippen molar-refractivity contribution in [3.63, 3.8) is 0 Å². The molecule has 2 heterocycles. The van der Waals surface area contributed by atoms with E-state index in [0.717, 1.165) is 41.8 Å². The van der Waals surface area contributed by atoms with Crippen LogP contribution in [0.2, 0.25) is 0 Å². The summed E-state index contributed by atoms with van der Waals surface area (Å²) in [7, 11) is 1.65. The number of aliphatic carboxylic acids is 1. The molecule has 1 aliphatic rings. The van der Waals surface area contributed by atoms with Crippen molar-refractivity contribution in [3.05, 3.63) is 44.5 Å². The smallest absolute Gasteiger partial charge is 0.303 e. The van der Waals surface area contributed by atoms with Gasteiger partial charge in [-0.15, -0.1) is 0 Å². The number of rotatable bonds is 7. The van der Waals surface area contributed by atoms with Crippen LogP contribution >= 0.6 is 0 Å². The number of hydrogen-bond acceptors (Lipinski definition) is 5. The minimum atomic E-state index is -0.755. The first-order valence-corrected chi connectivity index (χ1v) is 9.55. The molecule has 0 atom stereocenters. The Morgan fingerprint density at radius 3 is 2.54 bits per heavy atom. The van der Waals surface area contributed by atoms with Gasteiger partial charge in [0.1, 0.15) is 5.48 Å². The zero-order chi connectivity index (χ0) is 20.4. The molecule has 0 radical (unpaired) electrons. The molecule has 0 saturated heterocycles. The Morgan fingerprint density at radius 1 is 1.14 bits per heavy atom. The van der Waals surface area contributed by atoms with Crippen molar-refractivity contribution in [1.29, 1.82) is 0 Å². The summed E-state index contributed by atoms with van der Waals surface area (Å²) in [6.07, 6.45) is 3.53. The topological polar surface area (TPSA) is 87.8 Å². The highest BCUT2D eigenvalue weighted by atomic mass is 16.4. The lowest BCUT2D eigenvalue weighted by molar-refractivity contribution is -0.137. The van der Waals surface area contributed by atoms with Crippen LogP contribution in [0.1, 0.15) is 43.2 Å². The second-order valence-corrected chi connectivity index (χ2v) is 7.31. The third-order valence-electron chi connectivity index (χ3n) is 5.23. The molecular formula is C21H26N4O3. The molecule has 1 aliphatic heterocycles. The SMILES string of the molecule is C=c1nc2c(c(=O)n1C)=Nc1cc(C)c(C)cc1N2CCCCCCC(=O)O. The van der Waals surface area contributed by atoms with Gasteiger partial charge in [0.15, 0.2) is 11.2 Å². The molecule has 0 saturated carbocycles. The Kier molecular flexibility index (Phi) is 5.63. The molecule has 1 aromatic heterocycles. The van der Waals surface area contributed by atoms with Crippen LogP contribution < -0.4 is 21.3 Å². The molecule has 0 aliphatic carbocycles. The predicted octanol–water partition coefficient (Wildman–Crippen LogP) is 2.25. The second kappa shape index (κ2) is 7.96. The minimum Gasteiger partial charge on any atom is -0.481 e. The first kappa shape index (κ1) is 19.8. The van der Waals surface area contributed by atoms with Crippen LogP contribution in [0.15, 0.2) is 21.9 Å². The van der Waals surface area contributed by atoms with Crippen LogP contribution in [0.25, 0.3) is 6.58 Å². The molecule has 7 heteroatoms. The molecule has 0 bridgehead atoms. The van der Waals surface area contributed by atoms with Gasteiger partial charge in [0.2, 0.25) is 0 Å². The van der Waals surface area contributed by atoms with Crippen LogP contribution in [0, 0.1) is 13.8 Å². The van der Waals surface area contributed by atoms with E-state index in [4.69, 9.17) is 5.11 Å². The average molecular weight is 382 g/mol. The number of benzene rings is 1. The minimum absolute atomic E-state index is 0.203. The van der Waals surface area contributed by atoms with Crippen LogP contribution in [-0.2, 0) is 11.8 Å². The number of aromatic nitrogens is 2. The van der Waals surface area contributed by atoms with Crippen molar-refractivity contribution in [3.8, 4) is 0 Å². The Morgan fingerprint density at radius 2 is 1.82 bits per heavy atom. The Hall–Kier alpha value is -2.96. The van der Waals surface area contributed by atoms with Gasteiger partial charge in [0.25, 0.3) is 5.56 Å². The summed E-state index contributed by atoms with van der Waals surface area (Å²) < 4.78 is 1.42. The van der Waals surface area contributed by atoms with Crippen molar-refractivity contribution in [2.45, 2.75) is 46.0 Å². The van der Waals surface area contributed by atoms with Crippen molar-refractivity contribution in [1.82, 2.24) is 9.55 Å². The number of carbonyl (C=O) groups is 1. The number of aryl methyl sites for hydroxylation is 2. The number of fused-ring (bicyclic) bond motifs is 2. The van der Waals surface area contributed by atoms with E-state index in [1.807, 2.05) is 13.0 Å². The molecule has 0 unspecified atom stereocenters. The van der Waals surface area contributed by atoms with Crippen LogP contribution in [0.4, 0.5) is 17.2 Å². The maximum atomic E-state index is 12.7. The largest absolute Gasteiger partial charge is 0.481 e. The van der Waals surface area contributed by atoms with E-state index < -0.39 is 5.97 Å². The fraction of sp³-hybridized carbons (Fsp3) is 0.429. The summed E-state index contributed by atoms with van der Waals surface area (Å²) in [5.74, 6) is -0.205. The number of anilines is 2. The van der Waals surface area contributed by atoms with E-state index in [-0.39, 0.29) is 12.0 Å². The lowest BCUT2D eigenvalue weighted by Crippen LogP contribution is -2.47. The van der Waals surface area contributed by atoms with Gasteiger partial charge in [-0.2, -0.15) is 0 Å². The van der Waals surface area contributed by atoms with Gasteiger partial charge < -0.3 is 10.0 Å². The van der Waals surface area contributed by atoms with Crippen molar-refractivity contribution in [2.24, 2.45) is 12.0 Å². The van der Waals surface area contributed by atoms with E-state index in [2.05, 4.69) is 34.4 Å². The lowest BCUT2D eigenvalue weighted by atomic mass is 10.1. The summed E-state index contributed by atoms with van der Waals surface area (Å²) in [5.41, 5.74) is 4.20. The summed E-state index contributed by atoms with van der Waals surface area (Å²) in [5, 5.41) is 9.09. The average Bonchev–Trinajstić information content (AvgIpc) is 2.64. The molecule has 28 heavy (non-hydrogen) atoms. The van der Waals surface area contributed by atoms with Crippen molar-refractivity contribution < 1.29 is 9.90 Å². The van der Waals surface area contributed by atoms with Crippen LogP contribution in [-0.4, -0.2) is 27.2 Å². The van der Waals surface area contributed by atoms with E-state index in [1.54, 1.807) is 7.05 Å². The number of carboxylic acid groups (broad SMARTS) is 1. The highest BCUT2D eigenvalue weighted by Gasteiger charge is 2.23. The van der Waals surface area contributed by atoms with E-state index in [0.29, 0.717) is 29.6 Å². The van der Waals surface area contributed by atoms with Crippen LogP contribution in [0.5, 0.6) is 0 Å². The first-order chi connectivity index (χ1) is 13.3. The first-order valence-electron chi connectivity index (χ1n) is 9.55. The predicted molar refractivity (Wildman–Crippen MR) is 109 cm³/mol. The summed E-state index contributed by atoms with van der Waals surface area (Å²) in [4.78, 5) is 34.6. The fourth-order valence-corrected chi connectivity index (χ4v) is 3.36. The molecule has 0 amide bonds. The molecule has 0 fully saturated rings. The second-order valence-electron chi connectivity index (χ2n) is 7.31. The quantitative estimate of drug-likeness (QED) is 0.742. The standard InChI is InChI=1S/C21H26N4O3/c1-13-11-16-17(12-14(13)2)25(10-8-6-5-7-9-18(26)27)20-19(23-16)21(28)24(4)15(3)22-20/h11-12H,3,5-10H2,1-2,4H3,(H,26,27). The van der Waals surface area contributed by atoms with E-state index in [9.17, 15) is 9.59 Å². The zero-order valence-electron chi connectivity index (χ0n) is 16.7. The maximum absolute atomic E-state index is 12.7. The molecule has 1 aromatic carbocycles. The zero-order valence-corrected chi connectivity index (χ0v) is 16.7. The lowest BCUT2D eigenvalue weighted by Gasteiger charge is -2.29. The molecule has 1 N–H and O–H groups in total. The fourth-order valence-electron chi connectivity index (χ4n) is 3.36. The number of hydrogen-bond donors (Lipinski definition) is 1. The van der Waals surface area contributed by atoms with Gasteiger partial charge >= 0.3 is 5.97 Å². The third-order valence-corrected chi connectivity index (χ3v) is 5.23. The van der Waals surface area contributed by atoms with Gasteiger partial charge in [0.05, 0.1) is 11.4 Å². The number of unbranched alkanes of at least 4 members (excludes halogenated alkanes) is 3. The number of nitrogens with zero attached hydrogens (tertiary/aromatic N) is 4. The Labute approximate surface area is 163 Å². The Bertz CT molecular complexity index is 1090. The molecule has 7 nitrogen and oxygen atoms in total. The van der Waals surface area contributed by atoms with Gasteiger partial charge in [0, 0.05) is 20.0 Å². The normalized spacial score (nSPS) is 12.3.